The van der Waals surface area contributed by atoms with Crippen molar-refractivity contribution >= 4 is 0 Å². The van der Waals surface area contributed by atoms with Crippen LogP contribution in [-0.4, -0.2) is 15.0 Å². The summed E-state index contributed by atoms with van der Waals surface area (Å²) in [4.78, 5) is 1.96. The molecule has 0 N–H and O–H groups in total. The summed E-state index contributed by atoms with van der Waals surface area (Å²) >= 11 is 0. The summed E-state index contributed by atoms with van der Waals surface area (Å²) in [6.45, 7) is 11.1. The van der Waals surface area contributed by atoms with E-state index in [4.69, 9.17) is 5.10 Å². The number of rotatable bonds is 7. The molecule has 3 heteroatoms. The van der Waals surface area contributed by atoms with Gasteiger partial charge in [-0.05, 0) is 12.8 Å². The van der Waals surface area contributed by atoms with E-state index in [2.05, 4.69) is 39.7 Å². The average Bonchev–Trinajstić information content (AvgIpc) is 2.78. The predicted octanol–water partition coefficient (Wildman–Crippen LogP) is 4.50. The molecule has 1 heterocycles. The second-order valence-electron chi connectivity index (χ2n) is 6.24. The van der Waals surface area contributed by atoms with Gasteiger partial charge in [0.2, 0.25) is 0 Å². The summed E-state index contributed by atoms with van der Waals surface area (Å²) < 4.78 is 0. The average molecular weight is 251 g/mol. The molecule has 0 aliphatic rings. The molecule has 0 atom stereocenters. The van der Waals surface area contributed by atoms with Crippen molar-refractivity contribution in [2.45, 2.75) is 84.6 Å². The normalized spacial score (nSPS) is 12.3. The van der Waals surface area contributed by atoms with Gasteiger partial charge in [-0.3, -0.25) is 0 Å². The molecule has 104 valence electrons. The van der Waals surface area contributed by atoms with E-state index in [9.17, 15) is 0 Å². The van der Waals surface area contributed by atoms with Crippen molar-refractivity contribution in [3.8, 4) is 0 Å². The Morgan fingerprint density at radius 2 is 1.67 bits per heavy atom. The molecule has 1 aromatic rings. The lowest BCUT2D eigenvalue weighted by Crippen LogP contribution is -2.16. The SMILES string of the molecule is CCCCC(CCCC)n1ncc(C(C)(C)C)n1. The molecule has 0 unspecified atom stereocenters. The maximum atomic E-state index is 4.69. The van der Waals surface area contributed by atoms with Crippen LogP contribution in [0.5, 0.6) is 0 Å². The molecule has 0 aliphatic heterocycles. The molecular formula is C15H29N3. The zero-order valence-electron chi connectivity index (χ0n) is 12.7. The van der Waals surface area contributed by atoms with Crippen LogP contribution in [0.3, 0.4) is 0 Å². The fourth-order valence-corrected chi connectivity index (χ4v) is 2.05. The van der Waals surface area contributed by atoms with Crippen molar-refractivity contribution in [1.82, 2.24) is 15.0 Å². The molecule has 0 fully saturated rings. The summed E-state index contributed by atoms with van der Waals surface area (Å²) in [7, 11) is 0. The molecular weight excluding hydrogens is 222 g/mol. The summed E-state index contributed by atoms with van der Waals surface area (Å²) in [5.74, 6) is 0. The Hall–Kier alpha value is -0.860. The largest absolute Gasteiger partial charge is 0.182 e. The van der Waals surface area contributed by atoms with Crippen molar-refractivity contribution in [3.05, 3.63) is 11.9 Å². The minimum absolute atomic E-state index is 0.0955. The molecule has 0 saturated carbocycles. The quantitative estimate of drug-likeness (QED) is 0.714. The topological polar surface area (TPSA) is 30.7 Å². The maximum Gasteiger partial charge on any atom is 0.0880 e. The van der Waals surface area contributed by atoms with Crippen LogP contribution in [-0.2, 0) is 5.41 Å². The molecule has 3 nitrogen and oxygen atoms in total. The van der Waals surface area contributed by atoms with E-state index in [1.54, 1.807) is 0 Å². The molecule has 0 radical (unpaired) electrons. The Morgan fingerprint density at radius 1 is 1.11 bits per heavy atom. The van der Waals surface area contributed by atoms with Crippen LogP contribution in [0.2, 0.25) is 0 Å². The van der Waals surface area contributed by atoms with Gasteiger partial charge in [-0.25, -0.2) is 0 Å². The van der Waals surface area contributed by atoms with Crippen LogP contribution < -0.4 is 0 Å². The van der Waals surface area contributed by atoms with Gasteiger partial charge in [0.15, 0.2) is 0 Å². The van der Waals surface area contributed by atoms with Crippen molar-refractivity contribution in [2.24, 2.45) is 0 Å². The maximum absolute atomic E-state index is 4.69. The minimum Gasteiger partial charge on any atom is -0.182 e. The molecule has 1 rings (SSSR count). The standard InChI is InChI=1S/C15H29N3/c1-6-8-10-13(11-9-7-2)18-16-12-14(17-18)15(3,4)5/h12-13H,6-11H2,1-5H3. The van der Waals surface area contributed by atoms with Gasteiger partial charge in [0.25, 0.3) is 0 Å². The third-order valence-corrected chi connectivity index (χ3v) is 3.39. The Labute approximate surface area is 112 Å². The Balaban J connectivity index is 2.74. The van der Waals surface area contributed by atoms with E-state index in [0.717, 1.165) is 5.69 Å². The van der Waals surface area contributed by atoms with Crippen LogP contribution in [0.25, 0.3) is 0 Å². The minimum atomic E-state index is 0.0955. The van der Waals surface area contributed by atoms with Crippen LogP contribution in [0.1, 0.15) is 84.9 Å². The summed E-state index contributed by atoms with van der Waals surface area (Å²) in [5.41, 5.74) is 1.19. The summed E-state index contributed by atoms with van der Waals surface area (Å²) in [6, 6.07) is 0.487. The highest BCUT2D eigenvalue weighted by Gasteiger charge is 2.20. The molecule has 0 aliphatic carbocycles. The third kappa shape index (κ3) is 4.43. The lowest BCUT2D eigenvalue weighted by atomic mass is 9.93. The Kier molecular flexibility index (Phi) is 5.83. The van der Waals surface area contributed by atoms with Gasteiger partial charge in [-0.15, -0.1) is 0 Å². The van der Waals surface area contributed by atoms with Gasteiger partial charge in [-0.1, -0.05) is 60.3 Å². The van der Waals surface area contributed by atoms with Crippen LogP contribution in [0.4, 0.5) is 0 Å². The summed E-state index contributed by atoms with van der Waals surface area (Å²) in [5, 5.41) is 9.19. The highest BCUT2D eigenvalue weighted by molar-refractivity contribution is 5.05. The van der Waals surface area contributed by atoms with Crippen LogP contribution in [0.15, 0.2) is 6.20 Å². The van der Waals surface area contributed by atoms with E-state index in [1.807, 2.05) is 11.0 Å². The number of aromatic nitrogens is 3. The first-order valence-electron chi connectivity index (χ1n) is 7.41. The Morgan fingerprint density at radius 3 is 2.06 bits per heavy atom. The Bertz CT molecular complexity index is 328. The van der Waals surface area contributed by atoms with Gasteiger partial charge in [-0.2, -0.15) is 15.0 Å². The highest BCUT2D eigenvalue weighted by atomic mass is 15.5. The monoisotopic (exact) mass is 251 g/mol. The molecule has 1 aromatic heterocycles. The number of nitrogens with zero attached hydrogens (tertiary/aromatic N) is 3. The van der Waals surface area contributed by atoms with Gasteiger partial charge < -0.3 is 0 Å². The van der Waals surface area contributed by atoms with Crippen LogP contribution >= 0.6 is 0 Å². The molecule has 0 aromatic carbocycles. The second kappa shape index (κ2) is 6.91. The van der Waals surface area contributed by atoms with E-state index >= 15 is 0 Å². The predicted molar refractivity (Wildman–Crippen MR) is 76.8 cm³/mol. The molecule has 0 spiro atoms. The van der Waals surface area contributed by atoms with Crippen molar-refractivity contribution < 1.29 is 0 Å². The van der Waals surface area contributed by atoms with Gasteiger partial charge in [0.1, 0.15) is 0 Å². The van der Waals surface area contributed by atoms with Crippen molar-refractivity contribution in [2.75, 3.05) is 0 Å². The van der Waals surface area contributed by atoms with E-state index in [0.29, 0.717) is 6.04 Å². The fourth-order valence-electron chi connectivity index (χ4n) is 2.05. The lowest BCUT2D eigenvalue weighted by Gasteiger charge is -2.17. The number of hydrogen-bond donors (Lipinski definition) is 0. The first-order valence-corrected chi connectivity index (χ1v) is 7.41. The second-order valence-corrected chi connectivity index (χ2v) is 6.24. The molecule has 18 heavy (non-hydrogen) atoms. The van der Waals surface area contributed by atoms with Crippen molar-refractivity contribution in [3.63, 3.8) is 0 Å². The molecule has 0 saturated heterocycles. The lowest BCUT2D eigenvalue weighted by molar-refractivity contribution is 0.337. The molecule has 0 bridgehead atoms. The fraction of sp³-hybridized carbons (Fsp3) is 0.867. The first kappa shape index (κ1) is 15.2. The first-order chi connectivity index (χ1) is 8.49. The van der Waals surface area contributed by atoms with Crippen LogP contribution in [0, 0.1) is 0 Å². The van der Waals surface area contributed by atoms with Gasteiger partial charge in [0.05, 0.1) is 17.9 Å². The smallest absolute Gasteiger partial charge is 0.0880 e. The zero-order valence-corrected chi connectivity index (χ0v) is 12.7. The summed E-state index contributed by atoms with van der Waals surface area (Å²) in [6.07, 6.45) is 9.36. The molecule has 0 amide bonds. The zero-order chi connectivity index (χ0) is 13.6. The highest BCUT2D eigenvalue weighted by Crippen LogP contribution is 2.23. The van der Waals surface area contributed by atoms with Crippen molar-refractivity contribution in [1.29, 1.82) is 0 Å². The third-order valence-electron chi connectivity index (χ3n) is 3.39. The van der Waals surface area contributed by atoms with Gasteiger partial charge in [0, 0.05) is 5.41 Å². The van der Waals surface area contributed by atoms with E-state index in [1.165, 1.54) is 38.5 Å². The van der Waals surface area contributed by atoms with E-state index in [-0.39, 0.29) is 5.41 Å². The number of unbranched alkanes of at least 4 members (excludes halogenated alkanes) is 2. The van der Waals surface area contributed by atoms with Gasteiger partial charge >= 0.3 is 0 Å². The van der Waals surface area contributed by atoms with E-state index < -0.39 is 0 Å². The number of hydrogen-bond acceptors (Lipinski definition) is 2.